The molecule has 1 unspecified atom stereocenters. The molecule has 2 aliphatic rings. The van der Waals surface area contributed by atoms with Crippen LogP contribution in [0.4, 0.5) is 0 Å². The summed E-state index contributed by atoms with van der Waals surface area (Å²) in [5, 5.41) is 1.93. The average Bonchev–Trinajstić information content (AvgIpc) is 3.32. The van der Waals surface area contributed by atoms with Gasteiger partial charge < -0.3 is 14.5 Å². The number of nitrogens with zero attached hydrogens (tertiary/aromatic N) is 2. The van der Waals surface area contributed by atoms with Gasteiger partial charge in [-0.15, -0.1) is 11.3 Å². The second-order valence-corrected chi connectivity index (χ2v) is 7.60. The van der Waals surface area contributed by atoms with Gasteiger partial charge in [0.1, 0.15) is 0 Å². The SMILES string of the molecule is CCN(CC1CCOC1)C(=O)C1CCN(C(=O)c2cccs2)CC1. The fourth-order valence-corrected chi connectivity index (χ4v) is 4.25. The number of amides is 2. The summed E-state index contributed by atoms with van der Waals surface area (Å²) in [4.78, 5) is 29.9. The van der Waals surface area contributed by atoms with Crippen LogP contribution in [0.15, 0.2) is 17.5 Å². The summed E-state index contributed by atoms with van der Waals surface area (Å²) in [6, 6.07) is 3.77. The van der Waals surface area contributed by atoms with Crippen molar-refractivity contribution in [1.29, 1.82) is 0 Å². The van der Waals surface area contributed by atoms with Crippen LogP contribution in [0.1, 0.15) is 35.9 Å². The van der Waals surface area contributed by atoms with Crippen molar-refractivity contribution in [3.63, 3.8) is 0 Å². The quantitative estimate of drug-likeness (QED) is 0.820. The zero-order valence-corrected chi connectivity index (χ0v) is 15.1. The third kappa shape index (κ3) is 3.98. The summed E-state index contributed by atoms with van der Waals surface area (Å²) in [7, 11) is 0. The first kappa shape index (κ1) is 17.4. The van der Waals surface area contributed by atoms with Crippen LogP contribution in [0.3, 0.4) is 0 Å². The molecule has 1 aromatic heterocycles. The summed E-state index contributed by atoms with van der Waals surface area (Å²) >= 11 is 1.48. The molecule has 0 radical (unpaired) electrons. The predicted molar refractivity (Wildman–Crippen MR) is 94.1 cm³/mol. The minimum Gasteiger partial charge on any atom is -0.381 e. The molecule has 5 nitrogen and oxygen atoms in total. The lowest BCUT2D eigenvalue weighted by molar-refractivity contribution is -0.137. The third-order valence-corrected chi connectivity index (χ3v) is 5.92. The van der Waals surface area contributed by atoms with Crippen LogP contribution >= 0.6 is 11.3 Å². The predicted octanol–water partition coefficient (Wildman–Crippen LogP) is 2.49. The minimum absolute atomic E-state index is 0.0552. The first-order valence-corrected chi connectivity index (χ1v) is 9.76. The Balaban J connectivity index is 1.51. The number of hydrogen-bond donors (Lipinski definition) is 0. The normalized spacial score (nSPS) is 21.9. The second-order valence-electron chi connectivity index (χ2n) is 6.65. The fourth-order valence-electron chi connectivity index (χ4n) is 3.56. The zero-order chi connectivity index (χ0) is 16.9. The van der Waals surface area contributed by atoms with Crippen LogP contribution in [0.5, 0.6) is 0 Å². The Morgan fingerprint density at radius 3 is 2.71 bits per heavy atom. The number of ether oxygens (including phenoxy) is 1. The fraction of sp³-hybridized carbons (Fsp3) is 0.667. The highest BCUT2D eigenvalue weighted by molar-refractivity contribution is 7.12. The molecule has 0 bridgehead atoms. The molecule has 0 aliphatic carbocycles. The Bertz CT molecular complexity index is 547. The van der Waals surface area contributed by atoms with Gasteiger partial charge in [-0.1, -0.05) is 6.07 Å². The van der Waals surface area contributed by atoms with E-state index < -0.39 is 0 Å². The molecule has 0 saturated carbocycles. The average molecular weight is 350 g/mol. The van der Waals surface area contributed by atoms with E-state index in [4.69, 9.17) is 4.74 Å². The van der Waals surface area contributed by atoms with Gasteiger partial charge in [-0.3, -0.25) is 9.59 Å². The van der Waals surface area contributed by atoms with Crippen LogP contribution in [0.2, 0.25) is 0 Å². The maximum Gasteiger partial charge on any atom is 0.263 e. The van der Waals surface area contributed by atoms with Gasteiger partial charge in [0, 0.05) is 44.6 Å². The molecule has 1 aromatic rings. The first-order chi connectivity index (χ1) is 11.7. The summed E-state index contributed by atoms with van der Waals surface area (Å²) < 4.78 is 5.42. The molecule has 0 aromatic carbocycles. The smallest absolute Gasteiger partial charge is 0.263 e. The monoisotopic (exact) mass is 350 g/mol. The van der Waals surface area contributed by atoms with Crippen molar-refractivity contribution in [3.8, 4) is 0 Å². The maximum absolute atomic E-state index is 12.8. The first-order valence-electron chi connectivity index (χ1n) is 8.88. The van der Waals surface area contributed by atoms with Gasteiger partial charge in [-0.25, -0.2) is 0 Å². The Labute approximate surface area is 147 Å². The van der Waals surface area contributed by atoms with Crippen LogP contribution in [-0.2, 0) is 9.53 Å². The van der Waals surface area contributed by atoms with E-state index in [0.717, 1.165) is 50.4 Å². The molecule has 132 valence electrons. The lowest BCUT2D eigenvalue weighted by Gasteiger charge is -2.34. The molecule has 0 N–H and O–H groups in total. The largest absolute Gasteiger partial charge is 0.381 e. The maximum atomic E-state index is 12.8. The Hall–Kier alpha value is -1.40. The van der Waals surface area contributed by atoms with Gasteiger partial charge in [0.15, 0.2) is 0 Å². The highest BCUT2D eigenvalue weighted by atomic mass is 32.1. The molecule has 0 spiro atoms. The van der Waals surface area contributed by atoms with Crippen molar-refractivity contribution < 1.29 is 14.3 Å². The molecular weight excluding hydrogens is 324 g/mol. The van der Waals surface area contributed by atoms with Gasteiger partial charge in [0.05, 0.1) is 11.5 Å². The lowest BCUT2D eigenvalue weighted by atomic mass is 9.94. The van der Waals surface area contributed by atoms with Crippen molar-refractivity contribution in [3.05, 3.63) is 22.4 Å². The zero-order valence-electron chi connectivity index (χ0n) is 14.3. The van der Waals surface area contributed by atoms with Crippen molar-refractivity contribution in [2.24, 2.45) is 11.8 Å². The molecule has 3 heterocycles. The molecule has 2 amide bonds. The van der Waals surface area contributed by atoms with E-state index in [9.17, 15) is 9.59 Å². The number of thiophene rings is 1. The summed E-state index contributed by atoms with van der Waals surface area (Å²) in [6.45, 7) is 6.56. The molecule has 2 fully saturated rings. The number of rotatable bonds is 5. The van der Waals surface area contributed by atoms with Gasteiger partial charge in [-0.05, 0) is 37.6 Å². The van der Waals surface area contributed by atoms with Crippen molar-refractivity contribution in [1.82, 2.24) is 9.80 Å². The van der Waals surface area contributed by atoms with Crippen LogP contribution in [-0.4, -0.2) is 61.0 Å². The van der Waals surface area contributed by atoms with E-state index >= 15 is 0 Å². The van der Waals surface area contributed by atoms with Crippen LogP contribution < -0.4 is 0 Å². The topological polar surface area (TPSA) is 49.9 Å². The second kappa shape index (κ2) is 8.12. The molecule has 2 saturated heterocycles. The van der Waals surface area contributed by atoms with Crippen molar-refractivity contribution in [2.45, 2.75) is 26.2 Å². The van der Waals surface area contributed by atoms with E-state index in [1.807, 2.05) is 34.2 Å². The van der Waals surface area contributed by atoms with Crippen molar-refractivity contribution in [2.75, 3.05) is 39.4 Å². The van der Waals surface area contributed by atoms with Crippen LogP contribution in [0, 0.1) is 11.8 Å². The molecule has 6 heteroatoms. The number of likely N-dealkylation sites (tertiary alicyclic amines) is 1. The summed E-state index contributed by atoms with van der Waals surface area (Å²) in [6.07, 6.45) is 2.60. The Morgan fingerprint density at radius 2 is 2.12 bits per heavy atom. The highest BCUT2D eigenvalue weighted by Crippen LogP contribution is 2.23. The molecular formula is C18H26N2O3S. The number of hydrogen-bond acceptors (Lipinski definition) is 4. The lowest BCUT2D eigenvalue weighted by Crippen LogP contribution is -2.45. The van der Waals surface area contributed by atoms with E-state index in [0.29, 0.717) is 19.0 Å². The van der Waals surface area contributed by atoms with E-state index in [1.54, 1.807) is 0 Å². The number of piperidine rings is 1. The van der Waals surface area contributed by atoms with Crippen LogP contribution in [0.25, 0.3) is 0 Å². The molecule has 3 rings (SSSR count). The van der Waals surface area contributed by atoms with E-state index in [2.05, 4.69) is 0 Å². The summed E-state index contributed by atoms with van der Waals surface area (Å²) in [5.74, 6) is 0.896. The minimum atomic E-state index is 0.0552. The van der Waals surface area contributed by atoms with Gasteiger partial charge in [0.2, 0.25) is 5.91 Å². The van der Waals surface area contributed by atoms with E-state index in [-0.39, 0.29) is 17.7 Å². The Kier molecular flexibility index (Phi) is 5.89. The van der Waals surface area contributed by atoms with Gasteiger partial charge >= 0.3 is 0 Å². The summed E-state index contributed by atoms with van der Waals surface area (Å²) in [5.41, 5.74) is 0. The van der Waals surface area contributed by atoms with E-state index in [1.165, 1.54) is 11.3 Å². The number of carbonyl (C=O) groups is 2. The molecule has 1 atom stereocenters. The molecule has 24 heavy (non-hydrogen) atoms. The van der Waals surface area contributed by atoms with Gasteiger partial charge in [-0.2, -0.15) is 0 Å². The number of carbonyl (C=O) groups excluding carboxylic acids is 2. The van der Waals surface area contributed by atoms with Gasteiger partial charge in [0.25, 0.3) is 5.91 Å². The standard InChI is InChI=1S/C18H26N2O3S/c1-2-19(12-14-7-10-23-13-14)17(21)15-5-8-20(9-6-15)18(22)16-4-3-11-24-16/h3-4,11,14-15H,2,5-10,12-13H2,1H3. The van der Waals surface area contributed by atoms with Crippen molar-refractivity contribution >= 4 is 23.2 Å². The Morgan fingerprint density at radius 1 is 1.33 bits per heavy atom. The third-order valence-electron chi connectivity index (χ3n) is 5.06. The molecule has 2 aliphatic heterocycles. The highest BCUT2D eigenvalue weighted by Gasteiger charge is 2.31.